The Morgan fingerprint density at radius 3 is 3.00 bits per heavy atom. The topological polar surface area (TPSA) is 56.6 Å². The number of amides is 1. The van der Waals surface area contributed by atoms with E-state index < -0.39 is 0 Å². The van der Waals surface area contributed by atoms with Crippen LogP contribution in [0.3, 0.4) is 0 Å². The summed E-state index contributed by atoms with van der Waals surface area (Å²) >= 11 is 0. The second-order valence-electron chi connectivity index (χ2n) is 5.96. The van der Waals surface area contributed by atoms with Gasteiger partial charge in [0, 0.05) is 19.7 Å². The van der Waals surface area contributed by atoms with Crippen LogP contribution < -0.4 is 0 Å². The second-order valence-corrected chi connectivity index (χ2v) is 5.96. The average molecular weight is 307 g/mol. The van der Waals surface area contributed by atoms with Crippen molar-refractivity contribution in [3.8, 4) is 0 Å². The van der Waals surface area contributed by atoms with E-state index in [-0.39, 0.29) is 24.2 Å². The Kier molecular flexibility index (Phi) is 4.49. The number of fused-ring (bicyclic) bond motifs is 1. The molecule has 0 bridgehead atoms. The number of morpholine rings is 1. The van der Waals surface area contributed by atoms with Gasteiger partial charge in [-0.25, -0.2) is 0 Å². The van der Waals surface area contributed by atoms with Gasteiger partial charge >= 0.3 is 0 Å². The quantitative estimate of drug-likeness (QED) is 0.848. The third-order valence-corrected chi connectivity index (χ3v) is 4.60. The van der Waals surface area contributed by atoms with Crippen molar-refractivity contribution in [2.24, 2.45) is 0 Å². The molecule has 3 rings (SSSR count). The van der Waals surface area contributed by atoms with E-state index in [1.165, 1.54) is 0 Å². The fourth-order valence-electron chi connectivity index (χ4n) is 3.67. The Morgan fingerprint density at radius 1 is 1.45 bits per heavy atom. The van der Waals surface area contributed by atoms with Crippen LogP contribution >= 0.6 is 0 Å². The molecule has 1 saturated heterocycles. The molecule has 1 aliphatic heterocycles. The summed E-state index contributed by atoms with van der Waals surface area (Å²) in [6, 6.07) is 2.00. The SMILES string of the molecule is CCO[C@H]1CC[C@H]2[C@H]1OCCN2C(=O)c1cc(C)nn1CC. The molecule has 0 unspecified atom stereocenters. The van der Waals surface area contributed by atoms with Gasteiger partial charge in [0.05, 0.1) is 24.4 Å². The highest BCUT2D eigenvalue weighted by Crippen LogP contribution is 2.33. The summed E-state index contributed by atoms with van der Waals surface area (Å²) in [5.74, 6) is 0.0675. The Labute approximate surface area is 131 Å². The second kappa shape index (κ2) is 6.38. The molecule has 0 spiro atoms. The number of aromatic nitrogens is 2. The molecule has 0 N–H and O–H groups in total. The monoisotopic (exact) mass is 307 g/mol. The minimum atomic E-state index is 0.0109. The summed E-state index contributed by atoms with van der Waals surface area (Å²) in [6.45, 7) is 8.55. The fraction of sp³-hybridized carbons (Fsp3) is 0.750. The van der Waals surface area contributed by atoms with Gasteiger partial charge in [-0.05, 0) is 39.7 Å². The van der Waals surface area contributed by atoms with Gasteiger partial charge in [-0.2, -0.15) is 5.10 Å². The maximum absolute atomic E-state index is 13.0. The van der Waals surface area contributed by atoms with Crippen LogP contribution in [-0.2, 0) is 16.0 Å². The molecule has 22 heavy (non-hydrogen) atoms. The molecular formula is C16H25N3O3. The summed E-state index contributed by atoms with van der Waals surface area (Å²) < 4.78 is 13.5. The number of nitrogens with zero attached hydrogens (tertiary/aromatic N) is 3. The lowest BCUT2D eigenvalue weighted by Crippen LogP contribution is -2.54. The van der Waals surface area contributed by atoms with Crippen LogP contribution in [-0.4, -0.2) is 58.6 Å². The number of carbonyl (C=O) groups excluding carboxylic acids is 1. The van der Waals surface area contributed by atoms with Crippen molar-refractivity contribution in [1.82, 2.24) is 14.7 Å². The lowest BCUT2D eigenvalue weighted by molar-refractivity contribution is -0.103. The van der Waals surface area contributed by atoms with Gasteiger partial charge in [0.15, 0.2) is 0 Å². The summed E-state index contributed by atoms with van der Waals surface area (Å²) in [6.07, 6.45) is 2.03. The first-order valence-electron chi connectivity index (χ1n) is 8.24. The molecule has 6 nitrogen and oxygen atoms in total. The molecule has 2 aliphatic rings. The largest absolute Gasteiger partial charge is 0.376 e. The Morgan fingerprint density at radius 2 is 2.27 bits per heavy atom. The predicted molar refractivity (Wildman–Crippen MR) is 81.9 cm³/mol. The number of hydrogen-bond acceptors (Lipinski definition) is 4. The molecule has 2 heterocycles. The maximum Gasteiger partial charge on any atom is 0.272 e. The van der Waals surface area contributed by atoms with Crippen LogP contribution in [0.2, 0.25) is 0 Å². The van der Waals surface area contributed by atoms with Crippen LogP contribution in [0.25, 0.3) is 0 Å². The summed E-state index contributed by atoms with van der Waals surface area (Å²) in [5.41, 5.74) is 1.56. The lowest BCUT2D eigenvalue weighted by Gasteiger charge is -2.39. The van der Waals surface area contributed by atoms with Crippen molar-refractivity contribution in [2.75, 3.05) is 19.8 Å². The molecule has 1 amide bonds. The summed E-state index contributed by atoms with van der Waals surface area (Å²) in [7, 11) is 0. The van der Waals surface area contributed by atoms with E-state index in [1.807, 2.05) is 31.7 Å². The van der Waals surface area contributed by atoms with Crippen molar-refractivity contribution in [3.05, 3.63) is 17.5 Å². The van der Waals surface area contributed by atoms with Crippen molar-refractivity contribution in [1.29, 1.82) is 0 Å². The number of rotatable bonds is 4. The number of aryl methyl sites for hydroxylation is 2. The summed E-state index contributed by atoms with van der Waals surface area (Å²) in [5, 5.41) is 4.39. The first kappa shape index (κ1) is 15.5. The zero-order valence-electron chi connectivity index (χ0n) is 13.6. The van der Waals surface area contributed by atoms with Crippen LogP contribution in [0.15, 0.2) is 6.07 Å². The average Bonchev–Trinajstić information content (AvgIpc) is 3.10. The molecule has 1 saturated carbocycles. The molecule has 122 valence electrons. The van der Waals surface area contributed by atoms with Gasteiger partial charge in [-0.15, -0.1) is 0 Å². The van der Waals surface area contributed by atoms with E-state index in [1.54, 1.807) is 4.68 Å². The zero-order valence-corrected chi connectivity index (χ0v) is 13.6. The van der Waals surface area contributed by atoms with Crippen LogP contribution in [0.5, 0.6) is 0 Å². The number of hydrogen-bond donors (Lipinski definition) is 0. The highest BCUT2D eigenvalue weighted by atomic mass is 16.5. The first-order valence-corrected chi connectivity index (χ1v) is 8.24. The molecule has 1 aromatic rings. The smallest absolute Gasteiger partial charge is 0.272 e. The number of ether oxygens (including phenoxy) is 2. The Balaban J connectivity index is 1.80. The first-order chi connectivity index (χ1) is 10.7. The molecule has 0 radical (unpaired) electrons. The molecule has 1 aromatic heterocycles. The van der Waals surface area contributed by atoms with Crippen LogP contribution in [0.1, 0.15) is 42.9 Å². The minimum absolute atomic E-state index is 0.0109. The lowest BCUT2D eigenvalue weighted by atomic mass is 10.1. The predicted octanol–water partition coefficient (Wildman–Crippen LogP) is 1.62. The standard InChI is InChI=1S/C16H25N3O3/c1-4-19-13(10-11(3)17-19)16(20)18-8-9-22-15-12(18)6-7-14(15)21-5-2/h10,12,14-15H,4-9H2,1-3H3/t12-,14-,15+/m0/s1. The molecule has 1 aliphatic carbocycles. The van der Waals surface area contributed by atoms with Crippen molar-refractivity contribution in [3.63, 3.8) is 0 Å². The van der Waals surface area contributed by atoms with E-state index in [4.69, 9.17) is 9.47 Å². The molecule has 0 aromatic carbocycles. The van der Waals surface area contributed by atoms with Crippen molar-refractivity contribution in [2.45, 2.75) is 58.4 Å². The molecule has 3 atom stereocenters. The van der Waals surface area contributed by atoms with E-state index >= 15 is 0 Å². The van der Waals surface area contributed by atoms with E-state index in [9.17, 15) is 4.79 Å². The normalized spacial score (nSPS) is 28.0. The molecule has 2 fully saturated rings. The van der Waals surface area contributed by atoms with Crippen molar-refractivity contribution < 1.29 is 14.3 Å². The van der Waals surface area contributed by atoms with E-state index in [0.717, 1.165) is 18.5 Å². The van der Waals surface area contributed by atoms with Gasteiger partial charge in [-0.1, -0.05) is 0 Å². The van der Waals surface area contributed by atoms with Gasteiger partial charge in [0.25, 0.3) is 5.91 Å². The summed E-state index contributed by atoms with van der Waals surface area (Å²) in [4.78, 5) is 14.9. The minimum Gasteiger partial charge on any atom is -0.376 e. The Hall–Kier alpha value is -1.40. The highest BCUT2D eigenvalue weighted by molar-refractivity contribution is 5.93. The van der Waals surface area contributed by atoms with Gasteiger partial charge in [-0.3, -0.25) is 9.48 Å². The van der Waals surface area contributed by atoms with Crippen LogP contribution in [0, 0.1) is 6.92 Å². The number of carbonyl (C=O) groups is 1. The molecule has 6 heteroatoms. The highest BCUT2D eigenvalue weighted by Gasteiger charge is 2.45. The third-order valence-electron chi connectivity index (χ3n) is 4.60. The van der Waals surface area contributed by atoms with Crippen molar-refractivity contribution >= 4 is 5.91 Å². The van der Waals surface area contributed by atoms with E-state index in [2.05, 4.69) is 5.10 Å². The fourth-order valence-corrected chi connectivity index (χ4v) is 3.67. The van der Waals surface area contributed by atoms with Crippen LogP contribution in [0.4, 0.5) is 0 Å². The zero-order chi connectivity index (χ0) is 15.7. The molecular weight excluding hydrogens is 282 g/mol. The van der Waals surface area contributed by atoms with E-state index in [0.29, 0.717) is 32.0 Å². The van der Waals surface area contributed by atoms with Gasteiger partial charge in [0.1, 0.15) is 11.8 Å². The maximum atomic E-state index is 13.0. The Bertz CT molecular complexity index is 543. The third kappa shape index (κ3) is 2.65. The van der Waals surface area contributed by atoms with Gasteiger partial charge in [0.2, 0.25) is 0 Å². The van der Waals surface area contributed by atoms with Gasteiger partial charge < -0.3 is 14.4 Å².